The van der Waals surface area contributed by atoms with Gasteiger partial charge in [0.1, 0.15) is 0 Å². The van der Waals surface area contributed by atoms with Gasteiger partial charge in [0, 0.05) is 43.3 Å². The van der Waals surface area contributed by atoms with Crippen molar-refractivity contribution in [2.45, 2.75) is 12.8 Å². The first-order valence-corrected chi connectivity index (χ1v) is 11.5. The Morgan fingerprint density at radius 3 is 2.30 bits per heavy atom. The zero-order chi connectivity index (χ0) is 22.3. The summed E-state index contributed by atoms with van der Waals surface area (Å²) in [6.45, 7) is 4.42. The summed E-state index contributed by atoms with van der Waals surface area (Å²) < 4.78 is 5.49. The Bertz CT molecular complexity index is 1170. The van der Waals surface area contributed by atoms with E-state index in [1.54, 1.807) is 0 Å². The van der Waals surface area contributed by atoms with Crippen molar-refractivity contribution in [3.63, 3.8) is 0 Å². The van der Waals surface area contributed by atoms with Crippen molar-refractivity contribution in [1.82, 2.24) is 19.9 Å². The molecule has 0 atom stereocenters. The number of hydrogen-bond acceptors (Lipinski definition) is 7. The Kier molecular flexibility index (Phi) is 6.63. The van der Waals surface area contributed by atoms with Gasteiger partial charge in [0.05, 0.1) is 13.2 Å². The zero-order valence-corrected chi connectivity index (χ0v) is 18.6. The number of aromatic nitrogens is 4. The first kappa shape index (κ1) is 21.2. The monoisotopic (exact) mass is 443 g/mol. The van der Waals surface area contributed by atoms with Gasteiger partial charge >= 0.3 is 0 Å². The van der Waals surface area contributed by atoms with Crippen molar-refractivity contribution < 1.29 is 4.74 Å². The van der Waals surface area contributed by atoms with E-state index in [0.29, 0.717) is 31.1 Å². The van der Waals surface area contributed by atoms with Crippen molar-refractivity contribution in [3.8, 4) is 0 Å². The maximum Gasteiger partial charge on any atom is 0.232 e. The fraction of sp³-hybridized carbons (Fsp3) is 0.320. The van der Waals surface area contributed by atoms with Gasteiger partial charge in [0.15, 0.2) is 0 Å². The molecular formula is C25H29N7O. The van der Waals surface area contributed by atoms with E-state index in [2.05, 4.69) is 79.1 Å². The second kappa shape index (κ2) is 10.3. The maximum atomic E-state index is 5.49. The molecule has 3 heterocycles. The first-order chi connectivity index (χ1) is 16.3. The lowest BCUT2D eigenvalue weighted by Gasteiger charge is -2.27. The molecule has 4 aromatic rings. The topological polar surface area (TPSA) is 91.0 Å². The van der Waals surface area contributed by atoms with Gasteiger partial charge in [-0.05, 0) is 30.0 Å². The molecule has 0 amide bonds. The number of H-pyrrole nitrogens is 1. The normalized spacial score (nSPS) is 13.9. The number of nitrogens with one attached hydrogen (secondary N) is 3. The van der Waals surface area contributed by atoms with Gasteiger partial charge in [-0.3, -0.25) is 0 Å². The van der Waals surface area contributed by atoms with E-state index in [4.69, 9.17) is 9.72 Å². The van der Waals surface area contributed by atoms with Crippen molar-refractivity contribution in [3.05, 3.63) is 71.9 Å². The van der Waals surface area contributed by atoms with Gasteiger partial charge in [-0.15, -0.1) is 0 Å². The highest BCUT2D eigenvalue weighted by Crippen LogP contribution is 2.19. The van der Waals surface area contributed by atoms with Crippen LogP contribution in [-0.4, -0.2) is 59.3 Å². The standard InChI is InChI=1S/C25H29N7O/c1-2-6-19(7-3-1)10-12-26-23-29-24(31-25(30-23)32-14-16-33-17-15-32)27-13-11-20-18-28-22-9-5-4-8-21(20)22/h1-9,18,28H,10-17H2,(H2,26,27,29,30,31). The number of anilines is 3. The minimum absolute atomic E-state index is 0.591. The summed E-state index contributed by atoms with van der Waals surface area (Å²) in [6.07, 6.45) is 3.86. The van der Waals surface area contributed by atoms with Crippen LogP contribution in [0, 0.1) is 0 Å². The molecule has 170 valence electrons. The predicted octanol–water partition coefficient (Wildman–Crippen LogP) is 3.50. The van der Waals surface area contributed by atoms with Crippen LogP contribution in [-0.2, 0) is 17.6 Å². The number of fused-ring (bicyclic) bond motifs is 1. The third kappa shape index (κ3) is 5.40. The highest BCUT2D eigenvalue weighted by molar-refractivity contribution is 5.83. The summed E-state index contributed by atoms with van der Waals surface area (Å²) >= 11 is 0. The first-order valence-electron chi connectivity index (χ1n) is 11.5. The minimum Gasteiger partial charge on any atom is -0.378 e. The number of rotatable bonds is 9. The van der Waals surface area contributed by atoms with Crippen LogP contribution in [0.2, 0.25) is 0 Å². The van der Waals surface area contributed by atoms with E-state index in [9.17, 15) is 0 Å². The smallest absolute Gasteiger partial charge is 0.232 e. The number of ether oxygens (including phenoxy) is 1. The van der Waals surface area contributed by atoms with Gasteiger partial charge in [-0.2, -0.15) is 15.0 Å². The second-order valence-electron chi connectivity index (χ2n) is 8.08. The van der Waals surface area contributed by atoms with E-state index < -0.39 is 0 Å². The molecule has 2 aromatic carbocycles. The average Bonchev–Trinajstić information content (AvgIpc) is 3.28. The zero-order valence-electron chi connectivity index (χ0n) is 18.6. The number of morpholine rings is 1. The summed E-state index contributed by atoms with van der Waals surface area (Å²) in [7, 11) is 0. The molecule has 1 aliphatic rings. The largest absolute Gasteiger partial charge is 0.378 e. The molecule has 0 unspecified atom stereocenters. The van der Waals surface area contributed by atoms with Crippen molar-refractivity contribution in [2.75, 3.05) is 54.9 Å². The number of nitrogens with zero attached hydrogens (tertiary/aromatic N) is 4. The summed E-state index contributed by atoms with van der Waals surface area (Å²) in [5.41, 5.74) is 3.72. The van der Waals surface area contributed by atoms with Gasteiger partial charge in [0.2, 0.25) is 17.8 Å². The van der Waals surface area contributed by atoms with Crippen molar-refractivity contribution in [2.24, 2.45) is 0 Å². The van der Waals surface area contributed by atoms with E-state index in [1.807, 2.05) is 12.1 Å². The van der Waals surface area contributed by atoms with Crippen molar-refractivity contribution in [1.29, 1.82) is 0 Å². The minimum atomic E-state index is 0.591. The maximum absolute atomic E-state index is 5.49. The number of benzene rings is 2. The lowest BCUT2D eigenvalue weighted by atomic mass is 10.1. The second-order valence-corrected chi connectivity index (χ2v) is 8.08. The van der Waals surface area contributed by atoms with Crippen LogP contribution >= 0.6 is 0 Å². The SMILES string of the molecule is c1ccc(CCNc2nc(NCCc3c[nH]c4ccccc34)nc(N3CCOCC3)n2)cc1. The lowest BCUT2D eigenvalue weighted by molar-refractivity contribution is 0.122. The van der Waals surface area contributed by atoms with E-state index in [-0.39, 0.29) is 0 Å². The molecular weight excluding hydrogens is 414 g/mol. The van der Waals surface area contributed by atoms with Crippen LogP contribution in [0.15, 0.2) is 60.8 Å². The average molecular weight is 444 g/mol. The summed E-state index contributed by atoms with van der Waals surface area (Å²) in [6, 6.07) is 18.8. The molecule has 0 saturated carbocycles. The molecule has 33 heavy (non-hydrogen) atoms. The molecule has 0 spiro atoms. The molecule has 2 aromatic heterocycles. The Labute approximate surface area is 193 Å². The number of aromatic amines is 1. The highest BCUT2D eigenvalue weighted by Gasteiger charge is 2.16. The summed E-state index contributed by atoms with van der Waals surface area (Å²) in [4.78, 5) is 19.5. The number of para-hydroxylation sites is 1. The van der Waals surface area contributed by atoms with Crippen LogP contribution in [0.3, 0.4) is 0 Å². The molecule has 1 aliphatic heterocycles. The fourth-order valence-electron chi connectivity index (χ4n) is 4.04. The summed E-state index contributed by atoms with van der Waals surface area (Å²) in [5.74, 6) is 1.87. The van der Waals surface area contributed by atoms with Gasteiger partial charge < -0.3 is 25.3 Å². The fourth-order valence-corrected chi connectivity index (χ4v) is 4.04. The van der Waals surface area contributed by atoms with Gasteiger partial charge in [-0.1, -0.05) is 48.5 Å². The van der Waals surface area contributed by atoms with E-state index in [0.717, 1.165) is 44.5 Å². The molecule has 8 heteroatoms. The molecule has 0 bridgehead atoms. The molecule has 3 N–H and O–H groups in total. The quantitative estimate of drug-likeness (QED) is 0.365. The Morgan fingerprint density at radius 2 is 1.52 bits per heavy atom. The van der Waals surface area contributed by atoms with E-state index in [1.165, 1.54) is 16.5 Å². The molecule has 0 radical (unpaired) electrons. The van der Waals surface area contributed by atoms with Gasteiger partial charge in [0.25, 0.3) is 0 Å². The van der Waals surface area contributed by atoms with Crippen LogP contribution in [0.1, 0.15) is 11.1 Å². The predicted molar refractivity (Wildman–Crippen MR) is 132 cm³/mol. The van der Waals surface area contributed by atoms with Crippen LogP contribution in [0.5, 0.6) is 0 Å². The molecule has 1 saturated heterocycles. The Hall–Kier alpha value is -3.65. The third-order valence-electron chi connectivity index (χ3n) is 5.81. The Balaban J connectivity index is 1.26. The van der Waals surface area contributed by atoms with Gasteiger partial charge in [-0.25, -0.2) is 0 Å². The molecule has 1 fully saturated rings. The number of hydrogen-bond donors (Lipinski definition) is 3. The van der Waals surface area contributed by atoms with Crippen LogP contribution in [0.25, 0.3) is 10.9 Å². The molecule has 5 rings (SSSR count). The van der Waals surface area contributed by atoms with Crippen LogP contribution in [0.4, 0.5) is 17.8 Å². The third-order valence-corrected chi connectivity index (χ3v) is 5.81. The lowest BCUT2D eigenvalue weighted by Crippen LogP contribution is -2.37. The van der Waals surface area contributed by atoms with Crippen LogP contribution < -0.4 is 15.5 Å². The molecule has 8 nitrogen and oxygen atoms in total. The van der Waals surface area contributed by atoms with Crippen molar-refractivity contribution >= 4 is 28.7 Å². The summed E-state index contributed by atoms with van der Waals surface area (Å²) in [5, 5.41) is 8.03. The Morgan fingerprint density at radius 1 is 0.818 bits per heavy atom. The molecule has 0 aliphatic carbocycles. The highest BCUT2D eigenvalue weighted by atomic mass is 16.5. The van der Waals surface area contributed by atoms with E-state index >= 15 is 0 Å².